The van der Waals surface area contributed by atoms with Crippen LogP contribution in [0.4, 0.5) is 0 Å². The summed E-state index contributed by atoms with van der Waals surface area (Å²) < 4.78 is 50.6. The van der Waals surface area contributed by atoms with Crippen molar-refractivity contribution in [2.24, 2.45) is 20.3 Å². The molecule has 0 amide bonds. The van der Waals surface area contributed by atoms with E-state index in [0.717, 1.165) is 63.9 Å². The van der Waals surface area contributed by atoms with Crippen LogP contribution >= 0.6 is 0 Å². The van der Waals surface area contributed by atoms with Gasteiger partial charge in [0.25, 0.3) is 20.0 Å². The fourth-order valence-corrected chi connectivity index (χ4v) is 3.58. The smallest absolute Gasteiger partial charge is 0.251 e. The van der Waals surface area contributed by atoms with Crippen LogP contribution in [0.2, 0.25) is 0 Å². The summed E-state index contributed by atoms with van der Waals surface area (Å²) in [5.74, 6) is 0.379. The number of rotatable bonds is 15. The number of amidine groups is 2. The Bertz CT molecular complexity index is 598. The summed E-state index contributed by atoms with van der Waals surface area (Å²) in [6.45, 7) is 0. The normalized spacial score (nSPS) is 13.9. The molecular weight excluding hydrogens is 376 g/mol. The molecule has 0 aliphatic rings. The molecule has 0 spiro atoms. The molecule has 0 saturated heterocycles. The molecule has 26 heavy (non-hydrogen) atoms. The van der Waals surface area contributed by atoms with E-state index in [4.69, 9.17) is 11.5 Å². The van der Waals surface area contributed by atoms with Crippen LogP contribution in [0.1, 0.15) is 77.0 Å². The van der Waals surface area contributed by atoms with Gasteiger partial charge in [-0.3, -0.25) is 0 Å². The van der Waals surface area contributed by atoms with Crippen molar-refractivity contribution in [2.75, 3.05) is 12.5 Å². The second-order valence-corrected chi connectivity index (χ2v) is 9.96. The Labute approximate surface area is 158 Å². The van der Waals surface area contributed by atoms with E-state index < -0.39 is 20.0 Å². The van der Waals surface area contributed by atoms with Gasteiger partial charge in [-0.25, -0.2) is 16.8 Å². The average molecular weight is 411 g/mol. The standard InChI is InChI=1S/C16H34N4O4S2/c1-25(21,22)19-15(17)13-11-9-7-5-3-4-6-8-10-12-14-16(18)20-26(2,23)24/h3-14H2,1-2H3,(H2,17,19)(H2,18,20). The largest absolute Gasteiger partial charge is 0.386 e. The Balaban J connectivity index is 3.47. The first-order chi connectivity index (χ1) is 12.0. The van der Waals surface area contributed by atoms with E-state index in [1.54, 1.807) is 0 Å². The van der Waals surface area contributed by atoms with Crippen molar-refractivity contribution in [2.45, 2.75) is 77.0 Å². The Morgan fingerprint density at radius 3 is 1.04 bits per heavy atom. The summed E-state index contributed by atoms with van der Waals surface area (Å²) in [5, 5.41) is 0. The van der Waals surface area contributed by atoms with Crippen LogP contribution in [-0.2, 0) is 20.0 Å². The van der Waals surface area contributed by atoms with Crippen LogP contribution < -0.4 is 11.5 Å². The Hall–Kier alpha value is -1.16. The molecule has 4 N–H and O–H groups in total. The topological polar surface area (TPSA) is 145 Å². The highest BCUT2D eigenvalue weighted by Crippen LogP contribution is 2.12. The molecule has 0 aliphatic carbocycles. The summed E-state index contributed by atoms with van der Waals surface area (Å²) >= 11 is 0. The first-order valence-corrected chi connectivity index (χ1v) is 12.8. The van der Waals surface area contributed by atoms with Gasteiger partial charge in [-0.15, -0.1) is 0 Å². The molecule has 0 saturated carbocycles. The molecule has 0 aromatic heterocycles. The highest BCUT2D eigenvalue weighted by molar-refractivity contribution is 7.89. The maximum Gasteiger partial charge on any atom is 0.251 e. The fourth-order valence-electron chi connectivity index (χ4n) is 2.54. The molecule has 0 radical (unpaired) electrons. The SMILES string of the molecule is CS(=O)(=O)/N=C(\N)CCCCCCCCCCCC/C(N)=N/S(C)(=O)=O. The minimum absolute atomic E-state index is 0.190. The lowest BCUT2D eigenvalue weighted by Crippen LogP contribution is -2.13. The van der Waals surface area contributed by atoms with Gasteiger partial charge >= 0.3 is 0 Å². The molecule has 8 nitrogen and oxygen atoms in total. The van der Waals surface area contributed by atoms with Gasteiger partial charge in [-0.1, -0.05) is 51.4 Å². The molecule has 0 aliphatic heterocycles. The van der Waals surface area contributed by atoms with Crippen LogP contribution in [0.3, 0.4) is 0 Å². The van der Waals surface area contributed by atoms with Gasteiger partial charge in [0.15, 0.2) is 0 Å². The summed E-state index contributed by atoms with van der Waals surface area (Å²) in [6.07, 6.45) is 13.8. The van der Waals surface area contributed by atoms with Crippen LogP contribution in [-0.4, -0.2) is 41.0 Å². The van der Waals surface area contributed by atoms with Gasteiger partial charge < -0.3 is 11.5 Å². The minimum Gasteiger partial charge on any atom is -0.386 e. The molecule has 0 heterocycles. The zero-order valence-electron chi connectivity index (χ0n) is 16.0. The van der Waals surface area contributed by atoms with Crippen LogP contribution in [0, 0.1) is 0 Å². The second-order valence-electron chi connectivity index (χ2n) is 6.67. The van der Waals surface area contributed by atoms with Crippen molar-refractivity contribution in [1.29, 1.82) is 0 Å². The van der Waals surface area contributed by atoms with Crippen molar-refractivity contribution >= 4 is 31.7 Å². The quantitative estimate of drug-likeness (QED) is 0.241. The van der Waals surface area contributed by atoms with Crippen molar-refractivity contribution in [3.8, 4) is 0 Å². The average Bonchev–Trinajstić information content (AvgIpc) is 2.44. The molecule has 0 aromatic rings. The van der Waals surface area contributed by atoms with E-state index in [0.29, 0.717) is 12.8 Å². The van der Waals surface area contributed by atoms with Gasteiger partial charge in [0, 0.05) is 12.8 Å². The molecule has 0 aromatic carbocycles. The number of nitrogens with zero attached hydrogens (tertiary/aromatic N) is 2. The third kappa shape index (κ3) is 19.2. The monoisotopic (exact) mass is 410 g/mol. The van der Waals surface area contributed by atoms with Gasteiger partial charge in [0.1, 0.15) is 11.7 Å². The number of sulfonamides is 2. The predicted molar refractivity (Wildman–Crippen MR) is 108 cm³/mol. The van der Waals surface area contributed by atoms with E-state index in [2.05, 4.69) is 8.80 Å². The van der Waals surface area contributed by atoms with Crippen LogP contribution in [0.25, 0.3) is 0 Å². The van der Waals surface area contributed by atoms with Crippen molar-refractivity contribution in [1.82, 2.24) is 0 Å². The summed E-state index contributed by atoms with van der Waals surface area (Å²) in [7, 11) is -6.76. The first-order valence-electron chi connectivity index (χ1n) is 9.08. The molecule has 0 rings (SSSR count). The Morgan fingerprint density at radius 2 is 0.808 bits per heavy atom. The number of hydrogen-bond donors (Lipinski definition) is 2. The lowest BCUT2D eigenvalue weighted by Gasteiger charge is -2.03. The lowest BCUT2D eigenvalue weighted by atomic mass is 10.0. The molecule has 0 bridgehead atoms. The molecule has 10 heteroatoms. The number of nitrogens with two attached hydrogens (primary N) is 2. The van der Waals surface area contributed by atoms with E-state index in [9.17, 15) is 16.8 Å². The first kappa shape index (κ1) is 24.8. The van der Waals surface area contributed by atoms with Crippen LogP contribution in [0.15, 0.2) is 8.80 Å². The summed E-state index contributed by atoms with van der Waals surface area (Å²) in [5.41, 5.74) is 11.1. The maximum atomic E-state index is 10.9. The molecule has 0 atom stereocenters. The van der Waals surface area contributed by atoms with Crippen molar-refractivity contribution < 1.29 is 16.8 Å². The molecule has 154 valence electrons. The highest BCUT2D eigenvalue weighted by Gasteiger charge is 2.01. The lowest BCUT2D eigenvalue weighted by molar-refractivity contribution is 0.556. The molecular formula is C16H34N4O4S2. The fraction of sp³-hybridized carbons (Fsp3) is 0.875. The van der Waals surface area contributed by atoms with Crippen molar-refractivity contribution in [3.05, 3.63) is 0 Å². The van der Waals surface area contributed by atoms with E-state index in [-0.39, 0.29) is 11.7 Å². The van der Waals surface area contributed by atoms with Gasteiger partial charge in [-0.2, -0.15) is 8.80 Å². The minimum atomic E-state index is -3.38. The van der Waals surface area contributed by atoms with E-state index in [1.807, 2.05) is 0 Å². The zero-order chi connectivity index (χ0) is 20.1. The van der Waals surface area contributed by atoms with Crippen molar-refractivity contribution in [3.63, 3.8) is 0 Å². The number of hydrogen-bond acceptors (Lipinski definition) is 4. The number of unbranched alkanes of at least 4 members (excludes halogenated alkanes) is 9. The molecule has 0 unspecified atom stereocenters. The Kier molecular flexibility index (Phi) is 12.5. The Morgan fingerprint density at radius 1 is 0.577 bits per heavy atom. The molecule has 0 fully saturated rings. The van der Waals surface area contributed by atoms with E-state index >= 15 is 0 Å². The maximum absolute atomic E-state index is 10.9. The summed E-state index contributed by atoms with van der Waals surface area (Å²) in [6, 6.07) is 0. The van der Waals surface area contributed by atoms with Gasteiger partial charge in [0.2, 0.25) is 0 Å². The highest BCUT2D eigenvalue weighted by atomic mass is 32.2. The zero-order valence-corrected chi connectivity index (χ0v) is 17.6. The van der Waals surface area contributed by atoms with E-state index in [1.165, 1.54) is 12.8 Å². The van der Waals surface area contributed by atoms with Gasteiger partial charge in [0.05, 0.1) is 12.5 Å². The second kappa shape index (κ2) is 13.1. The van der Waals surface area contributed by atoms with Crippen LogP contribution in [0.5, 0.6) is 0 Å². The van der Waals surface area contributed by atoms with Gasteiger partial charge in [-0.05, 0) is 12.8 Å². The third-order valence-electron chi connectivity index (χ3n) is 3.68. The third-order valence-corrected chi connectivity index (χ3v) is 4.81. The predicted octanol–water partition coefficient (Wildman–Crippen LogP) is 2.30. The summed E-state index contributed by atoms with van der Waals surface area (Å²) in [4.78, 5) is 0.